The lowest BCUT2D eigenvalue weighted by atomic mass is 10.1. The summed E-state index contributed by atoms with van der Waals surface area (Å²) in [4.78, 5) is 0.0564. The second-order valence-electron chi connectivity index (χ2n) is 4.89. The van der Waals surface area contributed by atoms with E-state index in [1.165, 1.54) is 17.7 Å². The number of sulfonamides is 1. The highest BCUT2D eigenvalue weighted by Crippen LogP contribution is 2.18. The van der Waals surface area contributed by atoms with Crippen LogP contribution < -0.4 is 4.72 Å². The molecule has 0 bridgehead atoms. The van der Waals surface area contributed by atoms with E-state index in [0.29, 0.717) is 0 Å². The van der Waals surface area contributed by atoms with E-state index in [4.69, 9.17) is 0 Å². The molecule has 2 aromatic rings. The van der Waals surface area contributed by atoms with Crippen LogP contribution in [0.2, 0.25) is 0 Å². The maximum Gasteiger partial charge on any atom is 0.241 e. The van der Waals surface area contributed by atoms with Crippen molar-refractivity contribution in [2.75, 3.05) is 0 Å². The lowest BCUT2D eigenvalue weighted by Gasteiger charge is -2.15. The molecule has 0 amide bonds. The van der Waals surface area contributed by atoms with Crippen molar-refractivity contribution in [2.24, 2.45) is 0 Å². The van der Waals surface area contributed by atoms with E-state index < -0.39 is 15.8 Å². The number of halogens is 1. The van der Waals surface area contributed by atoms with E-state index in [9.17, 15) is 12.8 Å². The van der Waals surface area contributed by atoms with Gasteiger partial charge < -0.3 is 0 Å². The summed E-state index contributed by atoms with van der Waals surface area (Å²) in [5, 5.41) is 0. The molecule has 21 heavy (non-hydrogen) atoms. The van der Waals surface area contributed by atoms with Crippen molar-refractivity contribution in [3.8, 4) is 0 Å². The molecule has 0 aliphatic heterocycles. The van der Waals surface area contributed by atoms with Crippen LogP contribution in [0.5, 0.6) is 0 Å². The molecule has 5 heteroatoms. The highest BCUT2D eigenvalue weighted by molar-refractivity contribution is 7.89. The summed E-state index contributed by atoms with van der Waals surface area (Å²) >= 11 is 0. The normalized spacial score (nSPS) is 13.1. The first-order valence-electron chi connectivity index (χ1n) is 6.79. The average Bonchev–Trinajstić information content (AvgIpc) is 2.47. The van der Waals surface area contributed by atoms with Crippen LogP contribution in [0.1, 0.15) is 31.0 Å². The number of nitrogens with one attached hydrogen (secondary N) is 1. The van der Waals surface area contributed by atoms with Crippen molar-refractivity contribution in [1.29, 1.82) is 0 Å². The van der Waals surface area contributed by atoms with Crippen LogP contribution in [0.3, 0.4) is 0 Å². The minimum atomic E-state index is -3.66. The zero-order valence-corrected chi connectivity index (χ0v) is 12.8. The first kappa shape index (κ1) is 15.7. The third-order valence-corrected chi connectivity index (χ3v) is 4.90. The van der Waals surface area contributed by atoms with Gasteiger partial charge in [-0.15, -0.1) is 0 Å². The zero-order chi connectivity index (χ0) is 15.5. The van der Waals surface area contributed by atoms with Crippen LogP contribution in [-0.4, -0.2) is 8.42 Å². The third kappa shape index (κ3) is 3.89. The van der Waals surface area contributed by atoms with E-state index in [2.05, 4.69) is 11.6 Å². The molecule has 2 rings (SSSR count). The van der Waals surface area contributed by atoms with Crippen molar-refractivity contribution < 1.29 is 12.8 Å². The molecule has 1 N–H and O–H groups in total. The Morgan fingerprint density at radius 1 is 1.05 bits per heavy atom. The maximum absolute atomic E-state index is 12.9. The Morgan fingerprint density at radius 2 is 1.62 bits per heavy atom. The lowest BCUT2D eigenvalue weighted by Crippen LogP contribution is -2.26. The molecule has 3 nitrogen and oxygen atoms in total. The Bertz CT molecular complexity index is 694. The molecule has 0 aliphatic carbocycles. The SMILES string of the molecule is CCc1ccc([C@H](C)NS(=O)(=O)c2ccc(F)cc2)cc1. The molecule has 112 valence electrons. The molecular weight excluding hydrogens is 289 g/mol. The Balaban J connectivity index is 2.17. The molecule has 0 heterocycles. The van der Waals surface area contributed by atoms with Crippen LogP contribution >= 0.6 is 0 Å². The first-order valence-corrected chi connectivity index (χ1v) is 8.27. The van der Waals surface area contributed by atoms with Crippen LogP contribution in [0.4, 0.5) is 4.39 Å². The van der Waals surface area contributed by atoms with Crippen molar-refractivity contribution in [2.45, 2.75) is 31.2 Å². The van der Waals surface area contributed by atoms with Crippen LogP contribution in [0.15, 0.2) is 53.4 Å². The number of benzene rings is 2. The van der Waals surface area contributed by atoms with Gasteiger partial charge in [-0.1, -0.05) is 31.2 Å². The predicted molar refractivity (Wildman–Crippen MR) is 81.0 cm³/mol. The van der Waals surface area contributed by atoms with Crippen molar-refractivity contribution in [1.82, 2.24) is 4.72 Å². The highest BCUT2D eigenvalue weighted by Gasteiger charge is 2.18. The molecule has 0 unspecified atom stereocenters. The van der Waals surface area contributed by atoms with E-state index in [1.807, 2.05) is 24.3 Å². The summed E-state index contributed by atoms with van der Waals surface area (Å²) in [6.45, 7) is 3.84. The van der Waals surface area contributed by atoms with Gasteiger partial charge in [0.25, 0.3) is 0 Å². The van der Waals surface area contributed by atoms with Gasteiger partial charge in [-0.2, -0.15) is 0 Å². The largest absolute Gasteiger partial charge is 0.241 e. The summed E-state index contributed by atoms with van der Waals surface area (Å²) in [6.07, 6.45) is 0.940. The summed E-state index contributed by atoms with van der Waals surface area (Å²) < 4.78 is 39.9. The van der Waals surface area contributed by atoms with E-state index in [-0.39, 0.29) is 10.9 Å². The maximum atomic E-state index is 12.9. The molecule has 0 aliphatic rings. The molecule has 0 aromatic heterocycles. The van der Waals surface area contributed by atoms with Crippen LogP contribution in [0, 0.1) is 5.82 Å². The Hall–Kier alpha value is -1.72. The summed E-state index contributed by atoms with van der Waals surface area (Å²) in [5.41, 5.74) is 2.09. The van der Waals surface area contributed by atoms with Gasteiger partial charge in [0.1, 0.15) is 5.82 Å². The first-order chi connectivity index (χ1) is 9.92. The van der Waals surface area contributed by atoms with Gasteiger partial charge in [0, 0.05) is 6.04 Å². The fraction of sp³-hybridized carbons (Fsp3) is 0.250. The van der Waals surface area contributed by atoms with Gasteiger partial charge in [0.15, 0.2) is 0 Å². The number of aryl methyl sites for hydroxylation is 1. The number of hydrogen-bond donors (Lipinski definition) is 1. The molecular formula is C16H18FNO2S. The van der Waals surface area contributed by atoms with Gasteiger partial charge in [-0.25, -0.2) is 17.5 Å². The molecule has 0 saturated carbocycles. The van der Waals surface area contributed by atoms with Crippen molar-refractivity contribution >= 4 is 10.0 Å². The van der Waals surface area contributed by atoms with Gasteiger partial charge in [-0.3, -0.25) is 0 Å². The second kappa shape index (κ2) is 6.37. The predicted octanol–water partition coefficient (Wildman–Crippen LogP) is 3.43. The Labute approximate surface area is 124 Å². The van der Waals surface area contributed by atoms with Crippen molar-refractivity contribution in [3.63, 3.8) is 0 Å². The summed E-state index contributed by atoms with van der Waals surface area (Å²) in [5.74, 6) is -0.461. The van der Waals surface area contributed by atoms with E-state index in [1.54, 1.807) is 6.92 Å². The number of hydrogen-bond acceptors (Lipinski definition) is 2. The monoisotopic (exact) mass is 307 g/mol. The smallest absolute Gasteiger partial charge is 0.207 e. The van der Waals surface area contributed by atoms with E-state index in [0.717, 1.165) is 24.1 Å². The van der Waals surface area contributed by atoms with Crippen LogP contribution in [-0.2, 0) is 16.4 Å². The fourth-order valence-electron chi connectivity index (χ4n) is 2.02. The zero-order valence-electron chi connectivity index (χ0n) is 12.0. The minimum Gasteiger partial charge on any atom is -0.207 e. The summed E-state index contributed by atoms with van der Waals surface area (Å²) in [6, 6.07) is 12.2. The second-order valence-corrected chi connectivity index (χ2v) is 6.61. The Kier molecular flexibility index (Phi) is 4.75. The molecule has 0 fully saturated rings. The molecule has 0 spiro atoms. The van der Waals surface area contributed by atoms with Gasteiger partial charge in [-0.05, 0) is 48.7 Å². The molecule has 2 aromatic carbocycles. The minimum absolute atomic E-state index is 0.0564. The standard InChI is InChI=1S/C16H18FNO2S/c1-3-13-4-6-14(7-5-13)12(2)18-21(19,20)16-10-8-15(17)9-11-16/h4-12,18H,3H2,1-2H3/t12-/m0/s1. The quantitative estimate of drug-likeness (QED) is 0.920. The van der Waals surface area contributed by atoms with E-state index >= 15 is 0 Å². The third-order valence-electron chi connectivity index (χ3n) is 3.34. The molecule has 0 saturated heterocycles. The lowest BCUT2D eigenvalue weighted by molar-refractivity contribution is 0.566. The van der Waals surface area contributed by atoms with Crippen molar-refractivity contribution in [3.05, 3.63) is 65.5 Å². The Morgan fingerprint density at radius 3 is 2.14 bits per heavy atom. The van der Waals surface area contributed by atoms with Gasteiger partial charge >= 0.3 is 0 Å². The fourth-order valence-corrected chi connectivity index (χ4v) is 3.26. The van der Waals surface area contributed by atoms with Gasteiger partial charge in [0.2, 0.25) is 10.0 Å². The summed E-state index contributed by atoms with van der Waals surface area (Å²) in [7, 11) is -3.66. The highest BCUT2D eigenvalue weighted by atomic mass is 32.2. The van der Waals surface area contributed by atoms with Crippen LogP contribution in [0.25, 0.3) is 0 Å². The topological polar surface area (TPSA) is 46.2 Å². The average molecular weight is 307 g/mol. The number of rotatable bonds is 5. The molecule has 1 atom stereocenters. The van der Waals surface area contributed by atoms with Gasteiger partial charge in [0.05, 0.1) is 4.90 Å². The molecule has 0 radical (unpaired) electrons.